The Bertz CT molecular complexity index is 339. The highest BCUT2D eigenvalue weighted by molar-refractivity contribution is 5.55. The SMILES string of the molecule is CCC(CO)Nc1ncccc1[N+](=O)[O-]. The van der Waals surface area contributed by atoms with Gasteiger partial charge >= 0.3 is 5.69 Å². The molecule has 0 aliphatic rings. The van der Waals surface area contributed by atoms with Gasteiger partial charge in [-0.2, -0.15) is 0 Å². The summed E-state index contributed by atoms with van der Waals surface area (Å²) < 4.78 is 0. The van der Waals surface area contributed by atoms with Crippen LogP contribution in [0.3, 0.4) is 0 Å². The molecule has 1 aromatic rings. The Hall–Kier alpha value is -1.69. The molecular weight excluding hydrogens is 198 g/mol. The van der Waals surface area contributed by atoms with Crippen molar-refractivity contribution in [2.45, 2.75) is 19.4 Å². The van der Waals surface area contributed by atoms with E-state index < -0.39 is 4.92 Å². The van der Waals surface area contributed by atoms with Crippen molar-refractivity contribution in [3.05, 3.63) is 28.4 Å². The molecule has 0 bridgehead atoms. The fraction of sp³-hybridized carbons (Fsp3) is 0.444. The first-order valence-corrected chi connectivity index (χ1v) is 4.65. The Morgan fingerprint density at radius 2 is 2.47 bits per heavy atom. The molecule has 1 unspecified atom stereocenters. The number of hydrogen-bond donors (Lipinski definition) is 2. The van der Waals surface area contributed by atoms with Crippen LogP contribution in [0.4, 0.5) is 11.5 Å². The molecule has 0 spiro atoms. The molecule has 0 saturated heterocycles. The number of anilines is 1. The molecule has 1 heterocycles. The summed E-state index contributed by atoms with van der Waals surface area (Å²) in [5.41, 5.74) is -0.0793. The van der Waals surface area contributed by atoms with Crippen molar-refractivity contribution in [3.63, 3.8) is 0 Å². The number of hydrogen-bond acceptors (Lipinski definition) is 5. The van der Waals surface area contributed by atoms with Crippen molar-refractivity contribution in [1.82, 2.24) is 4.98 Å². The summed E-state index contributed by atoms with van der Waals surface area (Å²) in [6.07, 6.45) is 2.14. The lowest BCUT2D eigenvalue weighted by molar-refractivity contribution is -0.384. The second-order valence-electron chi connectivity index (χ2n) is 3.06. The van der Waals surface area contributed by atoms with Crippen molar-refractivity contribution in [3.8, 4) is 0 Å². The molecule has 15 heavy (non-hydrogen) atoms. The summed E-state index contributed by atoms with van der Waals surface area (Å²) in [7, 11) is 0. The number of aliphatic hydroxyl groups is 1. The van der Waals surface area contributed by atoms with E-state index in [2.05, 4.69) is 10.3 Å². The number of nitro groups is 1. The minimum atomic E-state index is -0.501. The Morgan fingerprint density at radius 1 is 1.73 bits per heavy atom. The average Bonchev–Trinajstić information content (AvgIpc) is 2.26. The van der Waals surface area contributed by atoms with Gasteiger partial charge in [-0.15, -0.1) is 0 Å². The molecule has 0 radical (unpaired) electrons. The minimum Gasteiger partial charge on any atom is -0.394 e. The first-order valence-electron chi connectivity index (χ1n) is 4.65. The summed E-state index contributed by atoms with van der Waals surface area (Å²) in [6, 6.07) is 2.67. The zero-order valence-electron chi connectivity index (χ0n) is 8.38. The Morgan fingerprint density at radius 3 is 3.00 bits per heavy atom. The zero-order chi connectivity index (χ0) is 11.3. The van der Waals surface area contributed by atoms with Crippen LogP contribution in [0.5, 0.6) is 0 Å². The van der Waals surface area contributed by atoms with Gasteiger partial charge in [-0.25, -0.2) is 4.98 Å². The van der Waals surface area contributed by atoms with Gasteiger partial charge in [-0.3, -0.25) is 10.1 Å². The van der Waals surface area contributed by atoms with Crippen LogP contribution in [0.25, 0.3) is 0 Å². The Kier molecular flexibility index (Phi) is 3.99. The number of aromatic nitrogens is 1. The van der Waals surface area contributed by atoms with Gasteiger partial charge in [0, 0.05) is 12.3 Å². The molecule has 1 atom stereocenters. The molecule has 82 valence electrons. The summed E-state index contributed by atoms with van der Waals surface area (Å²) >= 11 is 0. The van der Waals surface area contributed by atoms with E-state index in [1.807, 2.05) is 6.92 Å². The second-order valence-corrected chi connectivity index (χ2v) is 3.06. The summed E-state index contributed by atoms with van der Waals surface area (Å²) in [5, 5.41) is 22.4. The highest BCUT2D eigenvalue weighted by Gasteiger charge is 2.16. The third kappa shape index (κ3) is 2.88. The molecule has 0 amide bonds. The summed E-state index contributed by atoms with van der Waals surface area (Å²) in [6.45, 7) is 1.80. The highest BCUT2D eigenvalue weighted by atomic mass is 16.6. The van der Waals surface area contributed by atoms with Crippen molar-refractivity contribution >= 4 is 11.5 Å². The molecule has 0 aliphatic carbocycles. The van der Waals surface area contributed by atoms with Gasteiger partial charge in [0.2, 0.25) is 5.82 Å². The van der Waals surface area contributed by atoms with Crippen LogP contribution in [-0.4, -0.2) is 27.7 Å². The number of pyridine rings is 1. The van der Waals surface area contributed by atoms with E-state index in [9.17, 15) is 10.1 Å². The molecule has 2 N–H and O–H groups in total. The van der Waals surface area contributed by atoms with Gasteiger partial charge in [0.15, 0.2) is 0 Å². The van der Waals surface area contributed by atoms with Crippen LogP contribution in [0.15, 0.2) is 18.3 Å². The maximum Gasteiger partial charge on any atom is 0.311 e. The number of rotatable bonds is 5. The van der Waals surface area contributed by atoms with E-state index in [0.29, 0.717) is 6.42 Å². The van der Waals surface area contributed by atoms with Crippen molar-refractivity contribution in [2.75, 3.05) is 11.9 Å². The lowest BCUT2D eigenvalue weighted by Gasteiger charge is -2.13. The average molecular weight is 211 g/mol. The number of nitrogens with one attached hydrogen (secondary N) is 1. The van der Waals surface area contributed by atoms with Gasteiger partial charge in [0.25, 0.3) is 0 Å². The largest absolute Gasteiger partial charge is 0.394 e. The van der Waals surface area contributed by atoms with Crippen molar-refractivity contribution < 1.29 is 10.0 Å². The molecular formula is C9H13N3O3. The topological polar surface area (TPSA) is 88.3 Å². The molecule has 6 nitrogen and oxygen atoms in total. The fourth-order valence-electron chi connectivity index (χ4n) is 1.13. The van der Waals surface area contributed by atoms with Crippen LogP contribution in [0.2, 0.25) is 0 Å². The first-order chi connectivity index (χ1) is 7.19. The van der Waals surface area contributed by atoms with Crippen LogP contribution in [0.1, 0.15) is 13.3 Å². The first kappa shape index (κ1) is 11.4. The summed E-state index contributed by atoms with van der Waals surface area (Å²) in [4.78, 5) is 14.0. The van der Waals surface area contributed by atoms with Crippen LogP contribution in [0, 0.1) is 10.1 Å². The predicted molar refractivity (Wildman–Crippen MR) is 55.7 cm³/mol. The monoisotopic (exact) mass is 211 g/mol. The van der Waals surface area contributed by atoms with Crippen LogP contribution >= 0.6 is 0 Å². The van der Waals surface area contributed by atoms with Gasteiger partial charge in [0.1, 0.15) is 0 Å². The standard InChI is InChI=1S/C9H13N3O3/c1-2-7(6-13)11-9-8(12(14)15)4-3-5-10-9/h3-5,7,13H,2,6H2,1H3,(H,10,11). The van der Waals surface area contributed by atoms with Crippen LogP contribution < -0.4 is 5.32 Å². The smallest absolute Gasteiger partial charge is 0.311 e. The molecule has 0 fully saturated rings. The molecule has 0 saturated carbocycles. The van der Waals surface area contributed by atoms with E-state index >= 15 is 0 Å². The van der Waals surface area contributed by atoms with Gasteiger partial charge in [0.05, 0.1) is 17.6 Å². The molecule has 0 aromatic carbocycles. The quantitative estimate of drug-likeness (QED) is 0.563. The molecule has 6 heteroatoms. The van der Waals surface area contributed by atoms with Gasteiger partial charge in [-0.05, 0) is 12.5 Å². The van der Waals surface area contributed by atoms with E-state index in [4.69, 9.17) is 5.11 Å². The normalized spacial score (nSPS) is 12.1. The van der Waals surface area contributed by atoms with Crippen molar-refractivity contribution in [2.24, 2.45) is 0 Å². The van der Waals surface area contributed by atoms with E-state index in [-0.39, 0.29) is 24.2 Å². The molecule has 1 aromatic heterocycles. The number of aliphatic hydroxyl groups excluding tert-OH is 1. The van der Waals surface area contributed by atoms with Gasteiger partial charge in [-0.1, -0.05) is 6.92 Å². The van der Waals surface area contributed by atoms with Crippen molar-refractivity contribution in [1.29, 1.82) is 0 Å². The van der Waals surface area contributed by atoms with Gasteiger partial charge < -0.3 is 10.4 Å². The van der Waals surface area contributed by atoms with E-state index in [1.54, 1.807) is 0 Å². The number of nitrogens with zero attached hydrogens (tertiary/aromatic N) is 2. The van der Waals surface area contributed by atoms with E-state index in [0.717, 1.165) is 0 Å². The lowest BCUT2D eigenvalue weighted by atomic mass is 10.2. The second kappa shape index (κ2) is 5.26. The molecule has 1 rings (SSSR count). The van der Waals surface area contributed by atoms with E-state index in [1.165, 1.54) is 18.3 Å². The highest BCUT2D eigenvalue weighted by Crippen LogP contribution is 2.21. The maximum atomic E-state index is 10.6. The van der Waals surface area contributed by atoms with Crippen LogP contribution in [-0.2, 0) is 0 Å². The Balaban J connectivity index is 2.88. The maximum absolute atomic E-state index is 10.6. The third-order valence-electron chi connectivity index (χ3n) is 2.04. The Labute approximate surface area is 87.1 Å². The lowest BCUT2D eigenvalue weighted by Crippen LogP contribution is -2.23. The third-order valence-corrected chi connectivity index (χ3v) is 2.04. The summed E-state index contributed by atoms with van der Waals surface area (Å²) in [5.74, 6) is 0.198. The minimum absolute atomic E-state index is 0.0791. The fourth-order valence-corrected chi connectivity index (χ4v) is 1.13. The zero-order valence-corrected chi connectivity index (χ0v) is 8.38. The molecule has 0 aliphatic heterocycles. The predicted octanol–water partition coefficient (Wildman–Crippen LogP) is 1.17.